The summed E-state index contributed by atoms with van der Waals surface area (Å²) in [5.74, 6) is 0.733. The molecule has 5 rings (SSSR count). The van der Waals surface area contributed by atoms with E-state index in [4.69, 9.17) is 4.74 Å². The van der Waals surface area contributed by atoms with E-state index in [-0.39, 0.29) is 18.0 Å². The molecule has 1 amide bonds. The van der Waals surface area contributed by atoms with Gasteiger partial charge in [-0.05, 0) is 43.0 Å². The van der Waals surface area contributed by atoms with Crippen LogP contribution in [0.1, 0.15) is 53.5 Å². The molecule has 3 aromatic rings. The molecule has 7 nitrogen and oxygen atoms in total. The highest BCUT2D eigenvalue weighted by Gasteiger charge is 2.33. The van der Waals surface area contributed by atoms with Gasteiger partial charge in [-0.1, -0.05) is 47.7 Å². The SMILES string of the molecule is C[C@H](c1ccc(OCc2ccccc2)cc1)N1CC(NC(=O)c2cn(C3CC3)nn2)C1. The minimum Gasteiger partial charge on any atom is -0.489 e. The summed E-state index contributed by atoms with van der Waals surface area (Å²) in [7, 11) is 0. The minimum absolute atomic E-state index is 0.135. The Kier molecular flexibility index (Phi) is 5.42. The van der Waals surface area contributed by atoms with Gasteiger partial charge in [0.25, 0.3) is 5.91 Å². The first-order valence-corrected chi connectivity index (χ1v) is 10.9. The summed E-state index contributed by atoms with van der Waals surface area (Å²) in [6.07, 6.45) is 4.01. The summed E-state index contributed by atoms with van der Waals surface area (Å²) < 4.78 is 7.68. The molecular weight excluding hydrogens is 390 g/mol. The average Bonchev–Trinajstić information content (AvgIpc) is 3.51. The number of nitrogens with zero attached hydrogens (tertiary/aromatic N) is 4. The van der Waals surface area contributed by atoms with Crippen LogP contribution in [0, 0.1) is 0 Å². The number of hydrogen-bond donors (Lipinski definition) is 1. The van der Waals surface area contributed by atoms with Crippen molar-refractivity contribution in [1.82, 2.24) is 25.2 Å². The smallest absolute Gasteiger partial charge is 0.273 e. The third-order valence-electron chi connectivity index (χ3n) is 6.07. The maximum absolute atomic E-state index is 12.4. The van der Waals surface area contributed by atoms with E-state index < -0.39 is 0 Å². The van der Waals surface area contributed by atoms with Crippen molar-refractivity contribution in [2.75, 3.05) is 13.1 Å². The predicted octanol–water partition coefficient (Wildman–Crippen LogP) is 3.37. The second kappa shape index (κ2) is 8.51. The predicted molar refractivity (Wildman–Crippen MR) is 117 cm³/mol. The van der Waals surface area contributed by atoms with Gasteiger partial charge in [-0.15, -0.1) is 5.10 Å². The normalized spacial score (nSPS) is 17.7. The Hall–Kier alpha value is -3.19. The molecule has 0 radical (unpaired) electrons. The molecule has 1 aromatic heterocycles. The molecule has 31 heavy (non-hydrogen) atoms. The van der Waals surface area contributed by atoms with Gasteiger partial charge in [0.15, 0.2) is 5.69 Å². The molecule has 2 heterocycles. The molecule has 2 aromatic carbocycles. The number of amides is 1. The van der Waals surface area contributed by atoms with Gasteiger partial charge in [-0.2, -0.15) is 0 Å². The number of hydrogen-bond acceptors (Lipinski definition) is 5. The van der Waals surface area contributed by atoms with Gasteiger partial charge in [-0.25, -0.2) is 4.68 Å². The van der Waals surface area contributed by atoms with Gasteiger partial charge in [0.1, 0.15) is 12.4 Å². The number of carbonyl (C=O) groups excluding carboxylic acids is 1. The monoisotopic (exact) mass is 417 g/mol. The quantitative estimate of drug-likeness (QED) is 0.608. The molecule has 0 spiro atoms. The van der Waals surface area contributed by atoms with E-state index in [0.29, 0.717) is 18.3 Å². The Morgan fingerprint density at radius 2 is 1.87 bits per heavy atom. The van der Waals surface area contributed by atoms with E-state index in [2.05, 4.69) is 51.7 Å². The first-order chi connectivity index (χ1) is 15.2. The molecule has 1 N–H and O–H groups in total. The molecular formula is C24H27N5O2. The van der Waals surface area contributed by atoms with Crippen LogP contribution in [0.25, 0.3) is 0 Å². The third-order valence-corrected chi connectivity index (χ3v) is 6.07. The zero-order valence-electron chi connectivity index (χ0n) is 17.6. The number of benzene rings is 2. The molecule has 1 atom stereocenters. The minimum atomic E-state index is -0.135. The summed E-state index contributed by atoms with van der Waals surface area (Å²) in [6, 6.07) is 19.3. The third kappa shape index (κ3) is 4.61. The highest BCUT2D eigenvalue weighted by Crippen LogP contribution is 2.33. The van der Waals surface area contributed by atoms with Crippen LogP contribution in [0.15, 0.2) is 60.8 Å². The van der Waals surface area contributed by atoms with Gasteiger partial charge in [-0.3, -0.25) is 9.69 Å². The van der Waals surface area contributed by atoms with Gasteiger partial charge in [0, 0.05) is 19.1 Å². The summed E-state index contributed by atoms with van der Waals surface area (Å²) in [5, 5.41) is 11.1. The summed E-state index contributed by atoms with van der Waals surface area (Å²) >= 11 is 0. The zero-order chi connectivity index (χ0) is 21.2. The molecule has 1 saturated carbocycles. The topological polar surface area (TPSA) is 72.3 Å². The maximum atomic E-state index is 12.4. The van der Waals surface area contributed by atoms with Gasteiger partial charge < -0.3 is 10.1 Å². The van der Waals surface area contributed by atoms with Crippen LogP contribution < -0.4 is 10.1 Å². The number of ether oxygens (including phenoxy) is 1. The molecule has 1 aliphatic heterocycles. The zero-order valence-corrected chi connectivity index (χ0v) is 17.6. The fourth-order valence-corrected chi connectivity index (χ4v) is 3.87. The Balaban J connectivity index is 1.08. The van der Waals surface area contributed by atoms with Crippen molar-refractivity contribution in [2.24, 2.45) is 0 Å². The second-order valence-electron chi connectivity index (χ2n) is 8.46. The first-order valence-electron chi connectivity index (χ1n) is 10.9. The van der Waals surface area contributed by atoms with Crippen molar-refractivity contribution in [3.63, 3.8) is 0 Å². The summed E-state index contributed by atoms with van der Waals surface area (Å²) in [6.45, 7) is 4.42. The fraction of sp³-hybridized carbons (Fsp3) is 0.375. The van der Waals surface area contributed by atoms with E-state index in [9.17, 15) is 4.79 Å². The largest absolute Gasteiger partial charge is 0.489 e. The van der Waals surface area contributed by atoms with Crippen molar-refractivity contribution >= 4 is 5.91 Å². The van der Waals surface area contributed by atoms with Crippen molar-refractivity contribution in [3.05, 3.63) is 77.6 Å². The number of likely N-dealkylation sites (tertiary alicyclic amines) is 1. The first kappa shape index (κ1) is 19.8. The molecule has 0 unspecified atom stereocenters. The Morgan fingerprint density at radius 3 is 2.58 bits per heavy atom. The molecule has 2 aliphatic rings. The number of aromatic nitrogens is 3. The van der Waals surface area contributed by atoms with Crippen molar-refractivity contribution in [2.45, 2.75) is 44.5 Å². The van der Waals surface area contributed by atoms with Crippen LogP contribution in [0.5, 0.6) is 5.75 Å². The van der Waals surface area contributed by atoms with Gasteiger partial charge >= 0.3 is 0 Å². The maximum Gasteiger partial charge on any atom is 0.273 e. The molecule has 0 bridgehead atoms. The van der Waals surface area contributed by atoms with Crippen LogP contribution >= 0.6 is 0 Å². The fourth-order valence-electron chi connectivity index (χ4n) is 3.87. The Morgan fingerprint density at radius 1 is 1.13 bits per heavy atom. The lowest BCUT2D eigenvalue weighted by Crippen LogP contribution is -2.59. The molecule has 2 fully saturated rings. The number of rotatable bonds is 8. The van der Waals surface area contributed by atoms with Crippen molar-refractivity contribution < 1.29 is 9.53 Å². The number of carbonyl (C=O) groups is 1. The highest BCUT2D eigenvalue weighted by molar-refractivity contribution is 5.92. The van der Waals surface area contributed by atoms with E-state index >= 15 is 0 Å². The molecule has 1 aliphatic carbocycles. The van der Waals surface area contributed by atoms with Crippen molar-refractivity contribution in [3.8, 4) is 5.75 Å². The molecule has 7 heteroatoms. The lowest BCUT2D eigenvalue weighted by molar-refractivity contribution is 0.0672. The van der Waals surface area contributed by atoms with Crippen molar-refractivity contribution in [1.29, 1.82) is 0 Å². The number of nitrogens with one attached hydrogen (secondary N) is 1. The lowest BCUT2D eigenvalue weighted by atomic mass is 10.0. The van der Waals surface area contributed by atoms with Crippen LogP contribution in [-0.2, 0) is 6.61 Å². The van der Waals surface area contributed by atoms with Gasteiger partial charge in [0.05, 0.1) is 18.3 Å². The molecule has 1 saturated heterocycles. The standard InChI is InChI=1S/C24H27N5O2/c1-17(19-7-11-22(12-8-19)31-16-18-5-3-2-4-6-18)28-13-20(14-28)25-24(30)23-15-29(27-26-23)21-9-10-21/h2-8,11-12,15,17,20-21H,9-10,13-14,16H2,1H3,(H,25,30)/t17-/m1/s1. The Labute approximate surface area is 182 Å². The van der Waals surface area contributed by atoms with E-state index in [0.717, 1.165) is 37.2 Å². The van der Waals surface area contributed by atoms with Crippen LogP contribution in [-0.4, -0.2) is 44.9 Å². The average molecular weight is 418 g/mol. The van der Waals surface area contributed by atoms with Gasteiger partial charge in [0.2, 0.25) is 0 Å². The Bertz CT molecular complexity index is 1020. The molecule has 160 valence electrons. The van der Waals surface area contributed by atoms with E-state index in [1.807, 2.05) is 30.3 Å². The van der Waals surface area contributed by atoms with E-state index in [1.165, 1.54) is 5.56 Å². The summed E-state index contributed by atoms with van der Waals surface area (Å²) in [4.78, 5) is 14.7. The lowest BCUT2D eigenvalue weighted by Gasteiger charge is -2.43. The van der Waals surface area contributed by atoms with Crippen LogP contribution in [0.2, 0.25) is 0 Å². The van der Waals surface area contributed by atoms with Crippen LogP contribution in [0.4, 0.5) is 0 Å². The van der Waals surface area contributed by atoms with Crippen LogP contribution in [0.3, 0.4) is 0 Å². The van der Waals surface area contributed by atoms with E-state index in [1.54, 1.807) is 10.9 Å². The second-order valence-corrected chi connectivity index (χ2v) is 8.46. The highest BCUT2D eigenvalue weighted by atomic mass is 16.5. The summed E-state index contributed by atoms with van der Waals surface area (Å²) in [5.41, 5.74) is 2.80.